The number of aromatic amines is 1. The number of H-pyrrole nitrogens is 1. The largest absolute Gasteiger partial charge is 0.469 e. The average molecular weight is 286 g/mol. The van der Waals surface area contributed by atoms with E-state index in [2.05, 4.69) is 9.72 Å². The zero-order valence-electron chi connectivity index (χ0n) is 9.42. The maximum atomic E-state index is 11.3. The molecule has 0 saturated heterocycles. The van der Waals surface area contributed by atoms with E-state index in [1.54, 1.807) is 18.3 Å². The van der Waals surface area contributed by atoms with Crippen LogP contribution in [0, 0.1) is 0 Å². The highest BCUT2D eigenvalue weighted by molar-refractivity contribution is 6.68. The summed E-state index contributed by atoms with van der Waals surface area (Å²) >= 11 is 11.4. The van der Waals surface area contributed by atoms with Crippen molar-refractivity contribution >= 4 is 45.3 Å². The van der Waals surface area contributed by atoms with E-state index in [1.807, 2.05) is 0 Å². The molecule has 2 rings (SSSR count). The second-order valence-corrected chi connectivity index (χ2v) is 4.47. The third-order valence-corrected chi connectivity index (χ3v) is 3.15. The van der Waals surface area contributed by atoms with Crippen LogP contribution < -0.4 is 0 Å². The normalized spacial score (nSPS) is 10.6. The van der Waals surface area contributed by atoms with Crippen molar-refractivity contribution in [3.05, 3.63) is 34.5 Å². The van der Waals surface area contributed by atoms with Crippen LogP contribution in [-0.2, 0) is 16.0 Å². The van der Waals surface area contributed by atoms with Crippen LogP contribution in [0.4, 0.5) is 0 Å². The number of benzene rings is 1. The van der Waals surface area contributed by atoms with Gasteiger partial charge in [-0.15, -0.1) is 0 Å². The van der Waals surface area contributed by atoms with E-state index in [1.165, 1.54) is 7.11 Å². The van der Waals surface area contributed by atoms with Gasteiger partial charge in [0.15, 0.2) is 0 Å². The van der Waals surface area contributed by atoms with Crippen molar-refractivity contribution < 1.29 is 14.3 Å². The van der Waals surface area contributed by atoms with E-state index in [0.717, 1.165) is 16.5 Å². The number of carbonyl (C=O) groups is 2. The number of aromatic nitrogens is 1. The van der Waals surface area contributed by atoms with E-state index < -0.39 is 5.24 Å². The number of fused-ring (bicyclic) bond motifs is 1. The number of hydrogen-bond donors (Lipinski definition) is 1. The first-order chi connectivity index (χ1) is 8.52. The summed E-state index contributed by atoms with van der Waals surface area (Å²) in [6.45, 7) is 0. The molecule has 0 fully saturated rings. The number of halogens is 2. The lowest BCUT2D eigenvalue weighted by Gasteiger charge is -2.01. The van der Waals surface area contributed by atoms with Gasteiger partial charge < -0.3 is 9.72 Å². The Morgan fingerprint density at radius 3 is 2.72 bits per heavy atom. The summed E-state index contributed by atoms with van der Waals surface area (Å²) in [4.78, 5) is 25.4. The van der Waals surface area contributed by atoms with Crippen molar-refractivity contribution in [2.45, 2.75) is 6.42 Å². The number of carbonyl (C=O) groups excluding carboxylic acids is 2. The Kier molecular flexibility index (Phi) is 3.59. The molecular weight excluding hydrogens is 277 g/mol. The Hall–Kier alpha value is -1.52. The molecule has 0 bridgehead atoms. The third kappa shape index (κ3) is 2.35. The molecule has 0 aliphatic rings. The fraction of sp³-hybridized carbons (Fsp3) is 0.167. The zero-order chi connectivity index (χ0) is 13.3. The lowest BCUT2D eigenvalue weighted by Crippen LogP contribution is -2.03. The molecule has 0 saturated carbocycles. The topological polar surface area (TPSA) is 59.2 Å². The van der Waals surface area contributed by atoms with Crippen LogP contribution in [0.25, 0.3) is 10.9 Å². The first kappa shape index (κ1) is 12.9. The van der Waals surface area contributed by atoms with Crippen LogP contribution in [0.3, 0.4) is 0 Å². The van der Waals surface area contributed by atoms with Gasteiger partial charge in [0, 0.05) is 17.1 Å². The van der Waals surface area contributed by atoms with Crippen LogP contribution in [0.1, 0.15) is 15.9 Å². The fourth-order valence-corrected chi connectivity index (χ4v) is 2.18. The second-order valence-electron chi connectivity index (χ2n) is 3.72. The highest BCUT2D eigenvalue weighted by Gasteiger charge is 2.14. The first-order valence-electron chi connectivity index (χ1n) is 5.09. The van der Waals surface area contributed by atoms with Crippen molar-refractivity contribution in [1.82, 2.24) is 4.98 Å². The molecule has 0 spiro atoms. The number of nitrogens with one attached hydrogen (secondary N) is 1. The molecule has 0 aliphatic heterocycles. The smallest absolute Gasteiger partial charge is 0.310 e. The summed E-state index contributed by atoms with van der Waals surface area (Å²) in [5.41, 5.74) is 1.69. The molecule has 0 aliphatic carbocycles. The van der Waals surface area contributed by atoms with Gasteiger partial charge in [0.1, 0.15) is 0 Å². The van der Waals surface area contributed by atoms with E-state index in [4.69, 9.17) is 23.2 Å². The standard InChI is InChI=1S/C12H9Cl2NO3/c1-18-11(16)2-6-5-15-10-4-9(13)8(12(14)17)3-7(6)10/h3-5,15H,2H2,1H3. The van der Waals surface area contributed by atoms with Gasteiger partial charge in [-0.25, -0.2) is 0 Å². The summed E-state index contributed by atoms with van der Waals surface area (Å²) in [5, 5.41) is 0.370. The molecule has 0 atom stereocenters. The van der Waals surface area contributed by atoms with Gasteiger partial charge in [-0.3, -0.25) is 9.59 Å². The molecule has 1 aromatic heterocycles. The molecule has 2 aromatic rings. The Morgan fingerprint density at radius 1 is 1.39 bits per heavy atom. The van der Waals surface area contributed by atoms with Crippen molar-refractivity contribution in [3.63, 3.8) is 0 Å². The number of methoxy groups -OCH3 is 1. The molecule has 1 heterocycles. The summed E-state index contributed by atoms with van der Waals surface area (Å²) in [6, 6.07) is 3.18. The van der Waals surface area contributed by atoms with Gasteiger partial charge in [-0.05, 0) is 29.3 Å². The maximum absolute atomic E-state index is 11.3. The van der Waals surface area contributed by atoms with E-state index in [-0.39, 0.29) is 23.0 Å². The van der Waals surface area contributed by atoms with Crippen LogP contribution >= 0.6 is 23.2 Å². The van der Waals surface area contributed by atoms with Crippen LogP contribution in [0.15, 0.2) is 18.3 Å². The van der Waals surface area contributed by atoms with Gasteiger partial charge in [-0.1, -0.05) is 11.6 Å². The molecule has 6 heteroatoms. The maximum Gasteiger partial charge on any atom is 0.310 e. The first-order valence-corrected chi connectivity index (χ1v) is 5.84. The monoisotopic (exact) mass is 285 g/mol. The Bertz CT molecular complexity index is 634. The molecular formula is C12H9Cl2NO3. The highest BCUT2D eigenvalue weighted by Crippen LogP contribution is 2.27. The summed E-state index contributed by atoms with van der Waals surface area (Å²) in [7, 11) is 1.32. The number of esters is 1. The van der Waals surface area contributed by atoms with E-state index >= 15 is 0 Å². The van der Waals surface area contributed by atoms with Crippen molar-refractivity contribution in [2.24, 2.45) is 0 Å². The minimum atomic E-state index is -0.632. The number of ether oxygens (including phenoxy) is 1. The van der Waals surface area contributed by atoms with Crippen molar-refractivity contribution in [3.8, 4) is 0 Å². The lowest BCUT2D eigenvalue weighted by molar-refractivity contribution is -0.139. The molecule has 0 unspecified atom stereocenters. The van der Waals surface area contributed by atoms with Gasteiger partial charge in [0.05, 0.1) is 24.1 Å². The summed E-state index contributed by atoms with van der Waals surface area (Å²) < 4.78 is 4.60. The molecule has 1 N–H and O–H groups in total. The van der Waals surface area contributed by atoms with Crippen LogP contribution in [0.5, 0.6) is 0 Å². The molecule has 0 radical (unpaired) electrons. The van der Waals surface area contributed by atoms with Crippen molar-refractivity contribution in [1.29, 1.82) is 0 Å². The fourth-order valence-electron chi connectivity index (χ4n) is 1.73. The van der Waals surface area contributed by atoms with Crippen LogP contribution in [-0.4, -0.2) is 23.3 Å². The van der Waals surface area contributed by atoms with Gasteiger partial charge in [-0.2, -0.15) is 0 Å². The predicted octanol–water partition coefficient (Wildman–Crippen LogP) is 2.92. The number of rotatable bonds is 3. The molecule has 1 aromatic carbocycles. The van der Waals surface area contributed by atoms with Gasteiger partial charge >= 0.3 is 5.97 Å². The molecule has 4 nitrogen and oxygen atoms in total. The second kappa shape index (κ2) is 5.00. The summed E-state index contributed by atoms with van der Waals surface area (Å²) in [5.74, 6) is -0.357. The van der Waals surface area contributed by atoms with Crippen LogP contribution in [0.2, 0.25) is 5.02 Å². The minimum Gasteiger partial charge on any atom is -0.469 e. The van der Waals surface area contributed by atoms with Gasteiger partial charge in [0.25, 0.3) is 5.24 Å². The Morgan fingerprint density at radius 2 is 2.11 bits per heavy atom. The van der Waals surface area contributed by atoms with Gasteiger partial charge in [0.2, 0.25) is 0 Å². The van der Waals surface area contributed by atoms with E-state index in [9.17, 15) is 9.59 Å². The number of hydrogen-bond acceptors (Lipinski definition) is 3. The molecule has 0 amide bonds. The quantitative estimate of drug-likeness (QED) is 0.697. The SMILES string of the molecule is COC(=O)Cc1c[nH]c2cc(Cl)c(C(=O)Cl)cc12. The Balaban J connectivity index is 2.54. The lowest BCUT2D eigenvalue weighted by atomic mass is 10.1. The van der Waals surface area contributed by atoms with Crippen molar-refractivity contribution in [2.75, 3.05) is 7.11 Å². The Labute approximate surface area is 113 Å². The summed E-state index contributed by atoms with van der Waals surface area (Å²) in [6.07, 6.45) is 1.80. The predicted molar refractivity (Wildman–Crippen MR) is 69.2 cm³/mol. The molecule has 18 heavy (non-hydrogen) atoms. The minimum absolute atomic E-state index is 0.119. The molecule has 94 valence electrons. The zero-order valence-corrected chi connectivity index (χ0v) is 10.9. The average Bonchev–Trinajstić information content (AvgIpc) is 2.70. The highest BCUT2D eigenvalue weighted by atomic mass is 35.5. The van der Waals surface area contributed by atoms with E-state index in [0.29, 0.717) is 0 Å². The third-order valence-electron chi connectivity index (χ3n) is 2.63.